The second kappa shape index (κ2) is 9.68. The Morgan fingerprint density at radius 2 is 1.68 bits per heavy atom. The zero-order chi connectivity index (χ0) is 25.1. The van der Waals surface area contributed by atoms with Crippen molar-refractivity contribution in [3.05, 3.63) is 24.4 Å². The van der Waals surface area contributed by atoms with E-state index < -0.39 is 41.7 Å². The van der Waals surface area contributed by atoms with Crippen LogP contribution in [0, 0.1) is 0 Å². The maximum Gasteiger partial charge on any atom is 0.335 e. The number of aromatic nitrogens is 4. The molecule has 0 aliphatic rings. The molecule has 16 heteroatoms. The number of nitrogens with one attached hydrogen (secondary N) is 2. The molecule has 0 atom stereocenters. The Labute approximate surface area is 195 Å². The summed E-state index contributed by atoms with van der Waals surface area (Å²) in [6.07, 6.45) is 1.27. The van der Waals surface area contributed by atoms with Gasteiger partial charge in [-0.1, -0.05) is 6.92 Å². The lowest BCUT2D eigenvalue weighted by Crippen LogP contribution is -2.36. The van der Waals surface area contributed by atoms with Crippen molar-refractivity contribution in [2.75, 3.05) is 31.9 Å². The fourth-order valence-corrected chi connectivity index (χ4v) is 5.44. The molecule has 34 heavy (non-hydrogen) atoms. The maximum absolute atomic E-state index is 13.2. The van der Waals surface area contributed by atoms with Crippen LogP contribution < -0.4 is 24.2 Å². The summed E-state index contributed by atoms with van der Waals surface area (Å²) in [5.74, 6) is -0.368. The summed E-state index contributed by atoms with van der Waals surface area (Å²) in [7, 11) is -6.20. The third-order valence-electron chi connectivity index (χ3n) is 4.31. The first-order chi connectivity index (χ1) is 16.0. The number of rotatable bonds is 9. The van der Waals surface area contributed by atoms with E-state index in [1.807, 2.05) is 0 Å². The van der Waals surface area contributed by atoms with Gasteiger partial charge in [0.1, 0.15) is 11.4 Å². The van der Waals surface area contributed by atoms with Crippen LogP contribution in [-0.2, 0) is 19.9 Å². The summed E-state index contributed by atoms with van der Waals surface area (Å²) >= 11 is 0. The van der Waals surface area contributed by atoms with Gasteiger partial charge in [-0.2, -0.15) is 18.4 Å². The van der Waals surface area contributed by atoms with Gasteiger partial charge in [-0.25, -0.2) is 22.9 Å². The van der Waals surface area contributed by atoms with Gasteiger partial charge >= 0.3 is 6.03 Å². The van der Waals surface area contributed by atoms with Crippen molar-refractivity contribution in [2.24, 2.45) is 0 Å². The van der Waals surface area contributed by atoms with E-state index in [0.717, 1.165) is 4.40 Å². The van der Waals surface area contributed by atoms with Crippen LogP contribution in [0.25, 0.3) is 5.65 Å². The van der Waals surface area contributed by atoms with Crippen molar-refractivity contribution in [3.8, 4) is 17.5 Å². The number of anilines is 1. The number of urea groups is 1. The molecular weight excluding hydrogens is 492 g/mol. The van der Waals surface area contributed by atoms with Crippen LogP contribution in [0.2, 0.25) is 0 Å². The summed E-state index contributed by atoms with van der Waals surface area (Å²) in [5, 5.41) is 0.696. The largest absolute Gasteiger partial charge is 0.492 e. The van der Waals surface area contributed by atoms with E-state index in [-0.39, 0.29) is 35.7 Å². The smallest absolute Gasteiger partial charge is 0.335 e. The lowest BCUT2D eigenvalue weighted by molar-refractivity contribution is 0.256. The van der Waals surface area contributed by atoms with E-state index in [2.05, 4.69) is 20.3 Å². The summed E-state index contributed by atoms with van der Waals surface area (Å²) in [6.45, 7) is 3.35. The third-order valence-corrected chi connectivity index (χ3v) is 7.42. The van der Waals surface area contributed by atoms with Crippen LogP contribution in [0.4, 0.5) is 10.7 Å². The molecule has 3 aromatic rings. The van der Waals surface area contributed by atoms with Crippen molar-refractivity contribution in [2.45, 2.75) is 23.9 Å². The predicted molar refractivity (Wildman–Crippen MR) is 119 cm³/mol. The Bertz CT molecular complexity index is 1410. The SMILES string of the molecule is CCOc1ccc2nc(S(=O)(=O)CC)c(S(=O)(=O)NC(=O)Nc3nc(OC)cc(OC)n3)n2c1. The van der Waals surface area contributed by atoms with Gasteiger partial charge in [0.2, 0.25) is 17.7 Å². The van der Waals surface area contributed by atoms with Crippen LogP contribution in [0.15, 0.2) is 34.4 Å². The number of sulfonamides is 1. The Morgan fingerprint density at radius 1 is 1.03 bits per heavy atom. The van der Waals surface area contributed by atoms with Crippen molar-refractivity contribution in [1.29, 1.82) is 0 Å². The normalized spacial score (nSPS) is 11.8. The first-order valence-corrected chi connectivity index (χ1v) is 12.9. The molecule has 0 aliphatic carbocycles. The molecule has 0 bridgehead atoms. The molecule has 14 nitrogen and oxygen atoms in total. The highest BCUT2D eigenvalue weighted by Gasteiger charge is 2.33. The van der Waals surface area contributed by atoms with Crippen LogP contribution in [0.3, 0.4) is 0 Å². The van der Waals surface area contributed by atoms with E-state index in [9.17, 15) is 21.6 Å². The van der Waals surface area contributed by atoms with Crippen LogP contribution >= 0.6 is 0 Å². The van der Waals surface area contributed by atoms with Crippen LogP contribution in [0.1, 0.15) is 13.8 Å². The second-order valence-corrected chi connectivity index (χ2v) is 10.3. The summed E-state index contributed by atoms with van der Waals surface area (Å²) in [6, 6.07) is 3.00. The Morgan fingerprint density at radius 3 is 2.24 bits per heavy atom. The number of methoxy groups -OCH3 is 2. The molecule has 0 saturated heterocycles. The van der Waals surface area contributed by atoms with Gasteiger partial charge in [0.25, 0.3) is 10.0 Å². The molecule has 2 amide bonds. The first kappa shape index (κ1) is 25.0. The minimum atomic E-state index is -4.76. The molecule has 0 saturated carbocycles. The van der Waals surface area contributed by atoms with E-state index in [1.54, 1.807) is 11.6 Å². The monoisotopic (exact) mass is 514 g/mol. The molecule has 0 aliphatic heterocycles. The number of hydrogen-bond acceptors (Lipinski definition) is 11. The molecule has 184 valence electrons. The number of fused-ring (bicyclic) bond motifs is 1. The lowest BCUT2D eigenvalue weighted by Gasteiger charge is -2.11. The molecule has 0 unspecified atom stereocenters. The third kappa shape index (κ3) is 5.12. The van der Waals surface area contributed by atoms with Gasteiger partial charge in [0.15, 0.2) is 19.9 Å². The van der Waals surface area contributed by atoms with E-state index in [4.69, 9.17) is 14.2 Å². The number of sulfone groups is 1. The maximum atomic E-state index is 13.2. The molecule has 0 aromatic carbocycles. The number of carbonyl (C=O) groups excluding carboxylic acids is 1. The first-order valence-electron chi connectivity index (χ1n) is 9.73. The number of carbonyl (C=O) groups is 1. The predicted octanol–water partition coefficient (Wildman–Crippen LogP) is 0.844. The molecule has 3 aromatic heterocycles. The number of imidazole rings is 1. The van der Waals surface area contributed by atoms with Crippen molar-refractivity contribution in [1.82, 2.24) is 24.1 Å². The molecule has 3 rings (SSSR count). The summed E-state index contributed by atoms with van der Waals surface area (Å²) in [4.78, 5) is 24.2. The number of nitrogens with zero attached hydrogens (tertiary/aromatic N) is 4. The number of pyridine rings is 1. The van der Waals surface area contributed by atoms with Gasteiger partial charge in [-0.3, -0.25) is 9.72 Å². The van der Waals surface area contributed by atoms with Crippen molar-refractivity contribution in [3.63, 3.8) is 0 Å². The molecule has 3 heterocycles. The van der Waals surface area contributed by atoms with Crippen molar-refractivity contribution >= 4 is 37.5 Å². The van der Waals surface area contributed by atoms with Crippen molar-refractivity contribution < 1.29 is 35.8 Å². The van der Waals surface area contributed by atoms with Crippen LogP contribution in [-0.4, -0.2) is 68.8 Å². The minimum absolute atomic E-state index is 0.0251. The Hall–Kier alpha value is -3.66. The molecule has 0 fully saturated rings. The summed E-state index contributed by atoms with van der Waals surface area (Å²) < 4.78 is 69.7. The fraction of sp³-hybridized carbons (Fsp3) is 0.333. The number of hydrogen-bond donors (Lipinski definition) is 2. The molecule has 2 N–H and O–H groups in total. The lowest BCUT2D eigenvalue weighted by atomic mass is 10.4. The average molecular weight is 515 g/mol. The number of amides is 2. The highest BCUT2D eigenvalue weighted by atomic mass is 32.2. The zero-order valence-corrected chi connectivity index (χ0v) is 20.2. The summed E-state index contributed by atoms with van der Waals surface area (Å²) in [5.41, 5.74) is 0.0251. The fourth-order valence-electron chi connectivity index (χ4n) is 2.78. The Balaban J connectivity index is 2.04. The van der Waals surface area contributed by atoms with E-state index in [0.29, 0.717) is 0 Å². The molecule has 0 radical (unpaired) electrons. The zero-order valence-electron chi connectivity index (χ0n) is 18.6. The van der Waals surface area contributed by atoms with E-state index >= 15 is 0 Å². The highest BCUT2D eigenvalue weighted by Crippen LogP contribution is 2.26. The molecular formula is C18H22N6O8S2. The van der Waals surface area contributed by atoms with Gasteiger partial charge in [-0.05, 0) is 19.1 Å². The quantitative estimate of drug-likeness (QED) is 0.413. The van der Waals surface area contributed by atoms with Crippen LogP contribution in [0.5, 0.6) is 17.5 Å². The Kier molecular flexibility index (Phi) is 7.11. The highest BCUT2D eigenvalue weighted by molar-refractivity contribution is 7.93. The standard InChI is InChI=1S/C18H22N6O8S2/c1-5-32-11-7-8-12-19-15(33(26,27)6-2)16(24(12)10-11)34(28,29)23-18(25)22-17-20-13(30-3)9-14(21-17)31-4/h7-10H,5-6H2,1-4H3,(H2,20,21,22,23,25). The van der Waals surface area contributed by atoms with Gasteiger partial charge in [0, 0.05) is 0 Å². The van der Waals surface area contributed by atoms with Gasteiger partial charge < -0.3 is 14.2 Å². The van der Waals surface area contributed by atoms with E-state index in [1.165, 1.54) is 45.5 Å². The molecule has 0 spiro atoms. The second-order valence-electron chi connectivity index (χ2n) is 6.49. The van der Waals surface area contributed by atoms with Gasteiger partial charge in [0.05, 0.1) is 38.8 Å². The number of ether oxygens (including phenoxy) is 3. The topological polar surface area (TPSA) is 180 Å². The van der Waals surface area contributed by atoms with Gasteiger partial charge in [-0.15, -0.1) is 0 Å². The average Bonchev–Trinajstić information content (AvgIpc) is 3.19. The minimum Gasteiger partial charge on any atom is -0.492 e.